The average molecular weight is 355 g/mol. The molecule has 0 aliphatic rings. The van der Waals surface area contributed by atoms with Crippen LogP contribution in [0.3, 0.4) is 0 Å². The van der Waals surface area contributed by atoms with Crippen LogP contribution in [0.2, 0.25) is 0 Å². The Morgan fingerprint density at radius 2 is 2.00 bits per heavy atom. The number of carbonyl (C=O) groups is 2. The van der Waals surface area contributed by atoms with Gasteiger partial charge in [-0.2, -0.15) is 0 Å². The Morgan fingerprint density at radius 3 is 2.67 bits per heavy atom. The SMILES string of the molecule is C=C(C)COCCNC(=O)CNC(=O)c1ccccc1Br. The Bertz CT molecular complexity index is 517. The lowest BCUT2D eigenvalue weighted by Crippen LogP contribution is -2.38. The summed E-state index contributed by atoms with van der Waals surface area (Å²) in [4.78, 5) is 23.4. The van der Waals surface area contributed by atoms with Gasteiger partial charge in [0.15, 0.2) is 0 Å². The zero-order chi connectivity index (χ0) is 15.7. The van der Waals surface area contributed by atoms with Gasteiger partial charge in [-0.3, -0.25) is 9.59 Å². The Hall–Kier alpha value is -1.66. The van der Waals surface area contributed by atoms with Crippen molar-refractivity contribution < 1.29 is 14.3 Å². The van der Waals surface area contributed by atoms with Gasteiger partial charge in [0.05, 0.1) is 25.3 Å². The molecule has 1 rings (SSSR count). The van der Waals surface area contributed by atoms with Crippen molar-refractivity contribution in [1.82, 2.24) is 10.6 Å². The molecule has 0 radical (unpaired) electrons. The van der Waals surface area contributed by atoms with Crippen LogP contribution in [-0.2, 0) is 9.53 Å². The standard InChI is InChI=1S/C15H19BrN2O3/c1-11(2)10-21-8-7-17-14(19)9-18-15(20)12-5-3-4-6-13(12)16/h3-6H,1,7-10H2,2H3,(H,17,19)(H,18,20). The van der Waals surface area contributed by atoms with Gasteiger partial charge in [-0.1, -0.05) is 24.3 Å². The molecule has 114 valence electrons. The molecule has 1 aromatic carbocycles. The van der Waals surface area contributed by atoms with Crippen LogP contribution >= 0.6 is 15.9 Å². The van der Waals surface area contributed by atoms with E-state index in [1.54, 1.807) is 18.2 Å². The summed E-state index contributed by atoms with van der Waals surface area (Å²) in [5.74, 6) is -0.550. The van der Waals surface area contributed by atoms with Gasteiger partial charge in [0.25, 0.3) is 5.91 Å². The molecule has 0 heterocycles. The first kappa shape index (κ1) is 17.4. The van der Waals surface area contributed by atoms with Crippen LogP contribution in [0.1, 0.15) is 17.3 Å². The third-order valence-electron chi connectivity index (χ3n) is 2.45. The molecule has 5 nitrogen and oxygen atoms in total. The molecule has 0 aromatic heterocycles. The van der Waals surface area contributed by atoms with Crippen molar-refractivity contribution in [3.05, 3.63) is 46.5 Å². The van der Waals surface area contributed by atoms with E-state index in [0.29, 0.717) is 29.8 Å². The number of amides is 2. The van der Waals surface area contributed by atoms with Gasteiger partial charge in [-0.05, 0) is 35.0 Å². The Kier molecular flexibility index (Phi) is 7.71. The Labute approximate surface area is 132 Å². The molecule has 0 aliphatic heterocycles. The van der Waals surface area contributed by atoms with E-state index >= 15 is 0 Å². The number of ether oxygens (including phenoxy) is 1. The maximum absolute atomic E-state index is 11.9. The van der Waals surface area contributed by atoms with Gasteiger partial charge < -0.3 is 15.4 Å². The number of benzene rings is 1. The molecular weight excluding hydrogens is 336 g/mol. The minimum Gasteiger partial charge on any atom is -0.375 e. The third-order valence-corrected chi connectivity index (χ3v) is 3.14. The molecule has 1 aromatic rings. The van der Waals surface area contributed by atoms with Crippen molar-refractivity contribution in [2.24, 2.45) is 0 Å². The highest BCUT2D eigenvalue weighted by Crippen LogP contribution is 2.15. The summed E-state index contributed by atoms with van der Waals surface area (Å²) in [6.07, 6.45) is 0. The monoisotopic (exact) mass is 354 g/mol. The van der Waals surface area contributed by atoms with E-state index in [1.807, 2.05) is 13.0 Å². The molecule has 0 bridgehead atoms. The molecule has 2 N–H and O–H groups in total. The van der Waals surface area contributed by atoms with Crippen molar-refractivity contribution in [2.75, 3.05) is 26.3 Å². The molecule has 0 unspecified atom stereocenters. The van der Waals surface area contributed by atoms with Crippen LogP contribution < -0.4 is 10.6 Å². The first-order chi connectivity index (χ1) is 10.0. The number of rotatable bonds is 8. The second-order valence-corrected chi connectivity index (χ2v) is 5.38. The lowest BCUT2D eigenvalue weighted by Gasteiger charge is -2.08. The van der Waals surface area contributed by atoms with E-state index in [9.17, 15) is 9.59 Å². The zero-order valence-electron chi connectivity index (χ0n) is 11.9. The summed E-state index contributed by atoms with van der Waals surface area (Å²) in [6.45, 7) is 6.81. The molecule has 6 heteroatoms. The van der Waals surface area contributed by atoms with Crippen LogP contribution in [0.4, 0.5) is 0 Å². The minimum atomic E-state index is -0.295. The molecule has 2 amide bonds. The van der Waals surface area contributed by atoms with Crippen molar-refractivity contribution in [3.8, 4) is 0 Å². The maximum atomic E-state index is 11.9. The fourth-order valence-corrected chi connectivity index (χ4v) is 1.94. The second kappa shape index (κ2) is 9.31. The summed E-state index contributed by atoms with van der Waals surface area (Å²) < 4.78 is 5.94. The quantitative estimate of drug-likeness (QED) is 0.553. The van der Waals surface area contributed by atoms with Crippen LogP contribution in [0.15, 0.2) is 40.9 Å². The average Bonchev–Trinajstić information content (AvgIpc) is 2.44. The zero-order valence-corrected chi connectivity index (χ0v) is 13.5. The molecule has 0 saturated carbocycles. The fraction of sp³-hybridized carbons (Fsp3) is 0.333. The smallest absolute Gasteiger partial charge is 0.252 e. The van der Waals surface area contributed by atoms with Gasteiger partial charge in [-0.15, -0.1) is 0 Å². The van der Waals surface area contributed by atoms with Crippen molar-refractivity contribution in [1.29, 1.82) is 0 Å². The molecule has 0 atom stereocenters. The highest BCUT2D eigenvalue weighted by molar-refractivity contribution is 9.10. The highest BCUT2D eigenvalue weighted by atomic mass is 79.9. The van der Waals surface area contributed by atoms with E-state index < -0.39 is 0 Å². The predicted octanol–water partition coefficient (Wildman–Crippen LogP) is 1.89. The van der Waals surface area contributed by atoms with E-state index in [0.717, 1.165) is 5.57 Å². The summed E-state index contributed by atoms with van der Waals surface area (Å²) in [5.41, 5.74) is 1.43. The van der Waals surface area contributed by atoms with Crippen LogP contribution in [0, 0.1) is 0 Å². The van der Waals surface area contributed by atoms with E-state index in [2.05, 4.69) is 33.1 Å². The summed E-state index contributed by atoms with van der Waals surface area (Å²) >= 11 is 3.29. The molecule has 0 aliphatic carbocycles. The normalized spacial score (nSPS) is 10.0. The number of hydrogen-bond acceptors (Lipinski definition) is 3. The van der Waals surface area contributed by atoms with E-state index in [4.69, 9.17) is 4.74 Å². The van der Waals surface area contributed by atoms with Gasteiger partial charge >= 0.3 is 0 Å². The third kappa shape index (κ3) is 7.06. The lowest BCUT2D eigenvalue weighted by molar-refractivity contribution is -0.120. The van der Waals surface area contributed by atoms with E-state index in [1.165, 1.54) is 0 Å². The maximum Gasteiger partial charge on any atom is 0.252 e. The van der Waals surface area contributed by atoms with Crippen LogP contribution in [0.25, 0.3) is 0 Å². The van der Waals surface area contributed by atoms with Crippen LogP contribution in [0.5, 0.6) is 0 Å². The second-order valence-electron chi connectivity index (χ2n) is 4.52. The fourth-order valence-electron chi connectivity index (χ4n) is 1.47. The number of nitrogens with one attached hydrogen (secondary N) is 2. The van der Waals surface area contributed by atoms with Crippen LogP contribution in [-0.4, -0.2) is 38.1 Å². The van der Waals surface area contributed by atoms with Gasteiger partial charge in [0.2, 0.25) is 5.91 Å². The molecule has 0 saturated heterocycles. The number of halogens is 1. The highest BCUT2D eigenvalue weighted by Gasteiger charge is 2.10. The molecular formula is C15H19BrN2O3. The van der Waals surface area contributed by atoms with Crippen molar-refractivity contribution in [2.45, 2.75) is 6.92 Å². The number of hydrogen-bond donors (Lipinski definition) is 2. The first-order valence-electron chi connectivity index (χ1n) is 6.52. The minimum absolute atomic E-state index is 0.0688. The topological polar surface area (TPSA) is 67.4 Å². The van der Waals surface area contributed by atoms with Gasteiger partial charge in [-0.25, -0.2) is 0 Å². The van der Waals surface area contributed by atoms with Gasteiger partial charge in [0, 0.05) is 11.0 Å². The number of carbonyl (C=O) groups excluding carboxylic acids is 2. The Balaban J connectivity index is 2.22. The summed E-state index contributed by atoms with van der Waals surface area (Å²) in [7, 11) is 0. The Morgan fingerprint density at radius 1 is 1.29 bits per heavy atom. The predicted molar refractivity (Wildman–Crippen MR) is 85.1 cm³/mol. The van der Waals surface area contributed by atoms with Crippen molar-refractivity contribution >= 4 is 27.7 Å². The lowest BCUT2D eigenvalue weighted by atomic mass is 10.2. The largest absolute Gasteiger partial charge is 0.375 e. The first-order valence-corrected chi connectivity index (χ1v) is 7.31. The van der Waals surface area contributed by atoms with Crippen molar-refractivity contribution in [3.63, 3.8) is 0 Å². The summed E-state index contributed by atoms with van der Waals surface area (Å²) in [6, 6.07) is 7.04. The molecule has 0 spiro atoms. The summed E-state index contributed by atoms with van der Waals surface area (Å²) in [5, 5.41) is 5.22. The van der Waals surface area contributed by atoms with Gasteiger partial charge in [0.1, 0.15) is 0 Å². The van der Waals surface area contributed by atoms with E-state index in [-0.39, 0.29) is 18.4 Å². The molecule has 21 heavy (non-hydrogen) atoms. The molecule has 0 fully saturated rings.